The van der Waals surface area contributed by atoms with Crippen molar-refractivity contribution < 1.29 is 4.74 Å². The summed E-state index contributed by atoms with van der Waals surface area (Å²) in [5.41, 5.74) is 0. The fourth-order valence-corrected chi connectivity index (χ4v) is 1.05. The monoisotopic (exact) mass is 168 g/mol. The second-order valence-corrected chi connectivity index (χ2v) is 2.83. The maximum Gasteiger partial charge on any atom is 0.0760 e. The highest BCUT2D eigenvalue weighted by atomic mass is 16.5. The van der Waals surface area contributed by atoms with E-state index < -0.39 is 0 Å². The summed E-state index contributed by atoms with van der Waals surface area (Å²) in [6, 6.07) is 0. The summed E-state index contributed by atoms with van der Waals surface area (Å²) < 4.78 is 5.53. The average molecular weight is 168 g/mol. The number of hydrogen-bond acceptors (Lipinski definition) is 1. The molecule has 12 heavy (non-hydrogen) atoms. The van der Waals surface area contributed by atoms with Gasteiger partial charge in [-0.2, -0.15) is 0 Å². The topological polar surface area (TPSA) is 9.23 Å². The molecule has 0 aromatic rings. The minimum atomic E-state index is 0.285. The van der Waals surface area contributed by atoms with Crippen molar-refractivity contribution in [1.82, 2.24) is 0 Å². The van der Waals surface area contributed by atoms with Crippen LogP contribution in [0.5, 0.6) is 0 Å². The van der Waals surface area contributed by atoms with E-state index in [2.05, 4.69) is 19.6 Å². The molecule has 0 aliphatic carbocycles. The Balaban J connectivity index is 3.61. The summed E-state index contributed by atoms with van der Waals surface area (Å²) in [6.07, 6.45) is 9.81. The van der Waals surface area contributed by atoms with Crippen molar-refractivity contribution >= 4 is 0 Å². The smallest absolute Gasteiger partial charge is 0.0760 e. The van der Waals surface area contributed by atoms with Gasteiger partial charge in [0.1, 0.15) is 0 Å². The Hall–Kier alpha value is -0.560. The first-order valence-corrected chi connectivity index (χ1v) is 4.70. The van der Waals surface area contributed by atoms with E-state index in [1.54, 1.807) is 6.08 Å². The highest BCUT2D eigenvalue weighted by Gasteiger charge is 2.01. The molecule has 0 aliphatic heterocycles. The van der Waals surface area contributed by atoms with Crippen LogP contribution in [0.3, 0.4) is 0 Å². The van der Waals surface area contributed by atoms with Crippen LogP contribution in [0.4, 0.5) is 0 Å². The van der Waals surface area contributed by atoms with E-state index in [0.29, 0.717) is 6.61 Å². The number of rotatable bonds is 7. The molecule has 0 radical (unpaired) electrons. The minimum Gasteiger partial charge on any atom is -0.370 e. The van der Waals surface area contributed by atoms with Crippen LogP contribution in [0.15, 0.2) is 24.8 Å². The summed E-state index contributed by atoms with van der Waals surface area (Å²) in [7, 11) is 0. The van der Waals surface area contributed by atoms with E-state index in [-0.39, 0.29) is 6.10 Å². The van der Waals surface area contributed by atoms with Crippen LogP contribution in [0.2, 0.25) is 0 Å². The van der Waals surface area contributed by atoms with Gasteiger partial charge in [0, 0.05) is 0 Å². The minimum absolute atomic E-state index is 0.285. The first-order chi connectivity index (χ1) is 5.85. The molecule has 1 heteroatoms. The van der Waals surface area contributed by atoms with Crippen LogP contribution < -0.4 is 0 Å². The van der Waals surface area contributed by atoms with Crippen molar-refractivity contribution in [2.45, 2.75) is 39.2 Å². The van der Waals surface area contributed by atoms with Crippen LogP contribution in [0.25, 0.3) is 0 Å². The van der Waals surface area contributed by atoms with Crippen molar-refractivity contribution in [3.05, 3.63) is 24.8 Å². The molecule has 1 atom stereocenters. The van der Waals surface area contributed by atoms with Gasteiger partial charge in [0.05, 0.1) is 12.7 Å². The summed E-state index contributed by atoms with van der Waals surface area (Å²) in [6.45, 7) is 8.49. The van der Waals surface area contributed by atoms with Gasteiger partial charge in [-0.3, -0.25) is 0 Å². The number of allylic oxidation sites excluding steroid dienone is 1. The molecule has 1 nitrogen and oxygen atoms in total. The first kappa shape index (κ1) is 11.4. The SMILES string of the molecule is C=CCOC(/C=C/C)CCCC. The van der Waals surface area contributed by atoms with Gasteiger partial charge in [-0.25, -0.2) is 0 Å². The quantitative estimate of drug-likeness (QED) is 0.530. The molecule has 0 saturated carbocycles. The molecule has 0 heterocycles. The lowest BCUT2D eigenvalue weighted by Gasteiger charge is -2.11. The zero-order chi connectivity index (χ0) is 9.23. The predicted octanol–water partition coefficient (Wildman–Crippen LogP) is 3.32. The molecule has 0 fully saturated rings. The van der Waals surface area contributed by atoms with Crippen LogP contribution in [0, 0.1) is 0 Å². The third-order valence-corrected chi connectivity index (χ3v) is 1.68. The van der Waals surface area contributed by atoms with Crippen molar-refractivity contribution in [3.63, 3.8) is 0 Å². The normalized spacial score (nSPS) is 13.5. The molecule has 0 bridgehead atoms. The van der Waals surface area contributed by atoms with Gasteiger partial charge in [-0.15, -0.1) is 6.58 Å². The number of ether oxygens (including phenoxy) is 1. The summed E-state index contributed by atoms with van der Waals surface area (Å²) in [5, 5.41) is 0. The largest absolute Gasteiger partial charge is 0.370 e. The van der Waals surface area contributed by atoms with E-state index in [4.69, 9.17) is 4.74 Å². The van der Waals surface area contributed by atoms with Crippen LogP contribution in [-0.4, -0.2) is 12.7 Å². The van der Waals surface area contributed by atoms with Crippen molar-refractivity contribution in [2.75, 3.05) is 6.61 Å². The second kappa shape index (κ2) is 8.54. The van der Waals surface area contributed by atoms with Crippen LogP contribution in [0.1, 0.15) is 33.1 Å². The lowest BCUT2D eigenvalue weighted by atomic mass is 10.1. The maximum absolute atomic E-state index is 5.53. The Labute approximate surface area is 76.1 Å². The van der Waals surface area contributed by atoms with Gasteiger partial charge in [-0.05, 0) is 13.3 Å². The molecular weight excluding hydrogens is 148 g/mol. The number of hydrogen-bond donors (Lipinski definition) is 0. The van der Waals surface area contributed by atoms with Gasteiger partial charge in [0.25, 0.3) is 0 Å². The third kappa shape index (κ3) is 6.17. The van der Waals surface area contributed by atoms with E-state index >= 15 is 0 Å². The number of unbranched alkanes of at least 4 members (excludes halogenated alkanes) is 1. The fraction of sp³-hybridized carbons (Fsp3) is 0.636. The molecule has 1 unspecified atom stereocenters. The zero-order valence-electron chi connectivity index (χ0n) is 8.25. The van der Waals surface area contributed by atoms with E-state index in [1.807, 2.05) is 13.0 Å². The molecule has 0 rings (SSSR count). The maximum atomic E-state index is 5.53. The van der Waals surface area contributed by atoms with Gasteiger partial charge in [0.2, 0.25) is 0 Å². The first-order valence-electron chi connectivity index (χ1n) is 4.70. The lowest BCUT2D eigenvalue weighted by Crippen LogP contribution is -2.09. The van der Waals surface area contributed by atoms with Crippen molar-refractivity contribution in [3.8, 4) is 0 Å². The highest BCUT2D eigenvalue weighted by molar-refractivity contribution is 4.87. The molecule has 0 N–H and O–H groups in total. The third-order valence-electron chi connectivity index (χ3n) is 1.68. The molecule has 0 spiro atoms. The van der Waals surface area contributed by atoms with E-state index in [1.165, 1.54) is 12.8 Å². The van der Waals surface area contributed by atoms with Gasteiger partial charge < -0.3 is 4.74 Å². The van der Waals surface area contributed by atoms with Gasteiger partial charge >= 0.3 is 0 Å². The lowest BCUT2D eigenvalue weighted by molar-refractivity contribution is 0.101. The van der Waals surface area contributed by atoms with Crippen molar-refractivity contribution in [1.29, 1.82) is 0 Å². The molecule has 0 aromatic heterocycles. The Bertz CT molecular complexity index is 127. The summed E-state index contributed by atoms with van der Waals surface area (Å²) in [5.74, 6) is 0. The molecule has 0 amide bonds. The Kier molecular flexibility index (Phi) is 8.14. The average Bonchev–Trinajstić information content (AvgIpc) is 2.10. The van der Waals surface area contributed by atoms with E-state index in [9.17, 15) is 0 Å². The predicted molar refractivity (Wildman–Crippen MR) is 54.3 cm³/mol. The fourth-order valence-electron chi connectivity index (χ4n) is 1.05. The molecule has 0 aromatic carbocycles. The van der Waals surface area contributed by atoms with Gasteiger partial charge in [-0.1, -0.05) is 38.0 Å². The second-order valence-electron chi connectivity index (χ2n) is 2.83. The Morgan fingerprint density at radius 1 is 1.50 bits per heavy atom. The molecule has 70 valence electrons. The summed E-state index contributed by atoms with van der Waals surface area (Å²) in [4.78, 5) is 0. The molecule has 0 aliphatic rings. The Morgan fingerprint density at radius 2 is 2.25 bits per heavy atom. The Morgan fingerprint density at radius 3 is 2.75 bits per heavy atom. The van der Waals surface area contributed by atoms with Crippen LogP contribution >= 0.6 is 0 Å². The highest BCUT2D eigenvalue weighted by Crippen LogP contribution is 2.06. The van der Waals surface area contributed by atoms with Gasteiger partial charge in [0.15, 0.2) is 0 Å². The van der Waals surface area contributed by atoms with E-state index in [0.717, 1.165) is 6.42 Å². The van der Waals surface area contributed by atoms with Crippen LogP contribution in [-0.2, 0) is 4.74 Å². The molecular formula is C11H20O. The summed E-state index contributed by atoms with van der Waals surface area (Å²) >= 11 is 0. The standard InChI is InChI=1S/C11H20O/c1-4-7-9-11(8-5-2)12-10-6-3/h5-6,8,11H,3-4,7,9-10H2,1-2H3/b8-5+. The van der Waals surface area contributed by atoms with Crippen molar-refractivity contribution in [2.24, 2.45) is 0 Å². The molecule has 0 saturated heterocycles. The zero-order valence-corrected chi connectivity index (χ0v) is 8.25.